The topological polar surface area (TPSA) is 67.1 Å². The average Bonchev–Trinajstić information content (AvgIpc) is 3.05. The molecule has 0 saturated heterocycles. The first-order chi connectivity index (χ1) is 13.0. The van der Waals surface area contributed by atoms with Crippen molar-refractivity contribution in [2.45, 2.75) is 6.92 Å². The van der Waals surface area contributed by atoms with E-state index in [0.29, 0.717) is 12.2 Å². The zero-order chi connectivity index (χ0) is 19.4. The highest BCUT2D eigenvalue weighted by atomic mass is 79.9. The molecule has 0 bridgehead atoms. The quantitative estimate of drug-likeness (QED) is 0.464. The number of rotatable bonds is 6. The first-order valence-corrected chi connectivity index (χ1v) is 9.24. The lowest BCUT2D eigenvalue weighted by atomic mass is 10.2. The Morgan fingerprint density at radius 2 is 2.07 bits per heavy atom. The molecule has 1 N–H and O–H groups in total. The van der Waals surface area contributed by atoms with Crippen molar-refractivity contribution in [3.05, 3.63) is 58.3 Å². The Morgan fingerprint density at radius 3 is 2.78 bits per heavy atom. The molecule has 0 fully saturated rings. The largest absolute Gasteiger partial charge is 0.494 e. The fourth-order valence-electron chi connectivity index (χ4n) is 2.58. The highest BCUT2D eigenvalue weighted by Crippen LogP contribution is 2.26. The maximum absolute atomic E-state index is 12.3. The number of carbonyl (C=O) groups excluding carboxylic acids is 1. The third-order valence-electron chi connectivity index (χ3n) is 3.86. The van der Waals surface area contributed by atoms with E-state index in [2.05, 4.69) is 26.5 Å². The number of carbonyl (C=O) groups is 1. The lowest BCUT2D eigenvalue weighted by Gasteiger charge is -2.14. The van der Waals surface area contributed by atoms with Crippen molar-refractivity contribution in [1.82, 2.24) is 5.43 Å². The summed E-state index contributed by atoms with van der Waals surface area (Å²) in [6, 6.07) is 12.9. The third kappa shape index (κ3) is 4.49. The molecule has 0 aliphatic heterocycles. The first-order valence-electron chi connectivity index (χ1n) is 8.44. The minimum absolute atomic E-state index is 0.194. The highest BCUT2D eigenvalue weighted by Gasteiger charge is 2.12. The number of ether oxygens (including phenoxy) is 1. The Hall–Kier alpha value is -2.80. The maximum atomic E-state index is 12.3. The molecule has 0 aliphatic rings. The van der Waals surface area contributed by atoms with E-state index in [1.807, 2.05) is 56.3 Å². The van der Waals surface area contributed by atoms with Crippen LogP contribution in [0.5, 0.6) is 5.75 Å². The summed E-state index contributed by atoms with van der Waals surface area (Å²) in [5, 5.41) is 4.81. The minimum atomic E-state index is -0.413. The van der Waals surface area contributed by atoms with Crippen LogP contribution in [0.25, 0.3) is 11.0 Å². The van der Waals surface area contributed by atoms with E-state index < -0.39 is 5.91 Å². The van der Waals surface area contributed by atoms with Crippen molar-refractivity contribution in [1.29, 1.82) is 0 Å². The van der Waals surface area contributed by atoms with Crippen LogP contribution in [0.1, 0.15) is 23.0 Å². The van der Waals surface area contributed by atoms with E-state index in [1.54, 1.807) is 18.3 Å². The van der Waals surface area contributed by atoms with Gasteiger partial charge in [-0.3, -0.25) is 4.79 Å². The number of furan rings is 1. The van der Waals surface area contributed by atoms with Crippen LogP contribution < -0.4 is 15.1 Å². The summed E-state index contributed by atoms with van der Waals surface area (Å²) < 4.78 is 12.0. The number of benzene rings is 2. The van der Waals surface area contributed by atoms with Gasteiger partial charge in [-0.25, -0.2) is 5.43 Å². The van der Waals surface area contributed by atoms with E-state index in [1.165, 1.54) is 0 Å². The molecular weight excluding hydrogens is 410 g/mol. The van der Waals surface area contributed by atoms with Crippen molar-refractivity contribution in [3.8, 4) is 5.75 Å². The minimum Gasteiger partial charge on any atom is -0.494 e. The Morgan fingerprint density at radius 1 is 1.26 bits per heavy atom. The monoisotopic (exact) mass is 429 g/mol. The normalized spacial score (nSPS) is 11.1. The van der Waals surface area contributed by atoms with Crippen molar-refractivity contribution in [2.75, 3.05) is 25.6 Å². The molecule has 0 aliphatic carbocycles. The van der Waals surface area contributed by atoms with Crippen LogP contribution in [0, 0.1) is 0 Å². The van der Waals surface area contributed by atoms with Crippen molar-refractivity contribution >= 4 is 44.7 Å². The summed E-state index contributed by atoms with van der Waals surface area (Å²) in [4.78, 5) is 14.3. The van der Waals surface area contributed by atoms with E-state index in [4.69, 9.17) is 9.15 Å². The molecule has 6 nitrogen and oxygen atoms in total. The Balaban J connectivity index is 1.69. The molecular formula is C20H20BrN3O3. The van der Waals surface area contributed by atoms with E-state index in [0.717, 1.165) is 26.9 Å². The Bertz CT molecular complexity index is 995. The first kappa shape index (κ1) is 19.0. The number of hydrazone groups is 1. The zero-order valence-electron chi connectivity index (χ0n) is 15.3. The van der Waals surface area contributed by atoms with Gasteiger partial charge in [0.2, 0.25) is 0 Å². The van der Waals surface area contributed by atoms with Crippen molar-refractivity contribution < 1.29 is 13.9 Å². The highest BCUT2D eigenvalue weighted by molar-refractivity contribution is 9.10. The van der Waals surface area contributed by atoms with Gasteiger partial charge in [-0.1, -0.05) is 6.07 Å². The average molecular weight is 430 g/mol. The zero-order valence-corrected chi connectivity index (χ0v) is 16.9. The fourth-order valence-corrected chi connectivity index (χ4v) is 3.33. The van der Waals surface area contributed by atoms with Crippen LogP contribution in [0.2, 0.25) is 0 Å². The predicted octanol–water partition coefficient (Wildman–Crippen LogP) is 4.42. The molecule has 0 spiro atoms. The van der Waals surface area contributed by atoms with Gasteiger partial charge in [0, 0.05) is 24.0 Å². The van der Waals surface area contributed by atoms with Crippen molar-refractivity contribution in [3.63, 3.8) is 0 Å². The molecule has 7 heteroatoms. The van der Waals surface area contributed by atoms with E-state index in [-0.39, 0.29) is 5.76 Å². The second-order valence-corrected chi connectivity index (χ2v) is 6.90. The summed E-state index contributed by atoms with van der Waals surface area (Å²) in [7, 11) is 3.94. The van der Waals surface area contributed by atoms with Crippen LogP contribution >= 0.6 is 15.9 Å². The standard InChI is InChI=1S/C20H20BrN3O3/c1-4-26-15-6-8-18-14(10-15)11-19(27-18)20(25)23-22-12-13-5-7-17(24(2)3)16(21)9-13/h5-12H,4H2,1-3H3,(H,23,25)/b22-12+. The molecule has 140 valence electrons. The van der Waals surface area contributed by atoms with Gasteiger partial charge in [-0.15, -0.1) is 0 Å². The van der Waals surface area contributed by atoms with Crippen molar-refractivity contribution in [2.24, 2.45) is 5.10 Å². The number of anilines is 1. The van der Waals surface area contributed by atoms with Gasteiger partial charge in [0.15, 0.2) is 5.76 Å². The summed E-state index contributed by atoms with van der Waals surface area (Å²) in [6.45, 7) is 2.50. The molecule has 0 radical (unpaired) electrons. The smallest absolute Gasteiger partial charge is 0.307 e. The SMILES string of the molecule is CCOc1ccc2oc(C(=O)N/N=C/c3ccc(N(C)C)c(Br)c3)cc2c1. The van der Waals surface area contributed by atoms with Gasteiger partial charge in [0.25, 0.3) is 0 Å². The summed E-state index contributed by atoms with van der Waals surface area (Å²) in [5.41, 5.74) is 5.03. The van der Waals surface area contributed by atoms with Gasteiger partial charge in [-0.05, 0) is 64.8 Å². The predicted molar refractivity (Wildman–Crippen MR) is 111 cm³/mol. The van der Waals surface area contributed by atoms with E-state index >= 15 is 0 Å². The van der Waals surface area contributed by atoms with Gasteiger partial charge in [-0.2, -0.15) is 5.10 Å². The molecule has 27 heavy (non-hydrogen) atoms. The van der Waals surface area contributed by atoms with Crippen LogP contribution in [-0.2, 0) is 0 Å². The second kappa shape index (κ2) is 8.26. The fraction of sp³-hybridized carbons (Fsp3) is 0.200. The molecule has 3 rings (SSSR count). The molecule has 0 unspecified atom stereocenters. The van der Waals surface area contributed by atoms with Crippen LogP contribution in [0.3, 0.4) is 0 Å². The number of halogens is 1. The number of nitrogens with one attached hydrogen (secondary N) is 1. The molecule has 1 aromatic heterocycles. The molecule has 0 saturated carbocycles. The summed E-state index contributed by atoms with van der Waals surface area (Å²) in [6.07, 6.45) is 1.58. The number of nitrogens with zero attached hydrogens (tertiary/aromatic N) is 2. The maximum Gasteiger partial charge on any atom is 0.307 e. The second-order valence-electron chi connectivity index (χ2n) is 6.05. The van der Waals surface area contributed by atoms with Gasteiger partial charge in [0.05, 0.1) is 18.5 Å². The number of fused-ring (bicyclic) bond motifs is 1. The molecule has 0 atom stereocenters. The lowest BCUT2D eigenvalue weighted by molar-refractivity contribution is 0.0929. The molecule has 1 amide bonds. The number of hydrogen-bond acceptors (Lipinski definition) is 5. The lowest BCUT2D eigenvalue weighted by Crippen LogP contribution is -2.16. The van der Waals surface area contributed by atoms with Crippen LogP contribution in [-0.4, -0.2) is 32.8 Å². The molecule has 1 heterocycles. The van der Waals surface area contributed by atoms with Gasteiger partial charge < -0.3 is 14.1 Å². The van der Waals surface area contributed by atoms with Crippen LogP contribution in [0.15, 0.2) is 56.5 Å². The molecule has 2 aromatic carbocycles. The molecule has 3 aromatic rings. The summed E-state index contributed by atoms with van der Waals surface area (Å²) >= 11 is 3.53. The number of amides is 1. The van der Waals surface area contributed by atoms with E-state index in [9.17, 15) is 4.79 Å². The number of hydrogen-bond donors (Lipinski definition) is 1. The third-order valence-corrected chi connectivity index (χ3v) is 4.49. The van der Waals surface area contributed by atoms with Gasteiger partial charge >= 0.3 is 5.91 Å². The Kier molecular flexibility index (Phi) is 5.81. The van der Waals surface area contributed by atoms with Gasteiger partial charge in [0.1, 0.15) is 11.3 Å². The van der Waals surface area contributed by atoms with Crippen LogP contribution in [0.4, 0.5) is 5.69 Å². The summed E-state index contributed by atoms with van der Waals surface area (Å²) in [5.74, 6) is 0.520. The Labute approximate surface area is 165 Å².